The molecule has 0 aliphatic carbocycles. The fraction of sp³-hybridized carbons (Fsp3) is 0.500. The first kappa shape index (κ1) is 14.7. The van der Waals surface area contributed by atoms with Crippen LogP contribution >= 0.6 is 0 Å². The summed E-state index contributed by atoms with van der Waals surface area (Å²) in [6, 6.07) is 2.28. The molecule has 1 aliphatic heterocycles. The van der Waals surface area contributed by atoms with Crippen molar-refractivity contribution in [2.24, 2.45) is 5.92 Å². The van der Waals surface area contributed by atoms with Crippen molar-refractivity contribution in [1.82, 2.24) is 4.90 Å². The summed E-state index contributed by atoms with van der Waals surface area (Å²) in [6.07, 6.45) is 0.809. The standard InChI is InChI=1S/C14H17F2NO3/c1-20-3-2-17-8-10(7-13(17)19)4-9-5-11(15)14(16)12(18)6-9/h5-6,10,18H,2-4,7-8H2,1H3/t10-/m0/s1. The lowest BCUT2D eigenvalue weighted by molar-refractivity contribution is -0.128. The SMILES string of the molecule is COCCN1C[C@@H](Cc2cc(O)c(F)c(F)c2)CC1=O. The number of hydrogen-bond acceptors (Lipinski definition) is 3. The van der Waals surface area contributed by atoms with Crippen LogP contribution in [0.1, 0.15) is 12.0 Å². The molecule has 0 radical (unpaired) electrons. The van der Waals surface area contributed by atoms with Crippen LogP contribution in [0.4, 0.5) is 8.78 Å². The Balaban J connectivity index is 1.99. The largest absolute Gasteiger partial charge is 0.505 e. The molecule has 0 aromatic heterocycles. The number of amides is 1. The second kappa shape index (κ2) is 6.17. The van der Waals surface area contributed by atoms with E-state index in [1.807, 2.05) is 0 Å². The third-order valence-corrected chi connectivity index (χ3v) is 3.45. The van der Waals surface area contributed by atoms with Gasteiger partial charge in [0.1, 0.15) is 0 Å². The van der Waals surface area contributed by atoms with Crippen molar-refractivity contribution in [1.29, 1.82) is 0 Å². The molecule has 1 saturated heterocycles. The van der Waals surface area contributed by atoms with Gasteiger partial charge >= 0.3 is 0 Å². The molecule has 1 aromatic rings. The highest BCUT2D eigenvalue weighted by Crippen LogP contribution is 2.26. The van der Waals surface area contributed by atoms with E-state index in [1.165, 1.54) is 6.07 Å². The van der Waals surface area contributed by atoms with E-state index < -0.39 is 17.4 Å². The van der Waals surface area contributed by atoms with Gasteiger partial charge in [0.15, 0.2) is 17.4 Å². The fourth-order valence-corrected chi connectivity index (χ4v) is 2.49. The van der Waals surface area contributed by atoms with E-state index in [1.54, 1.807) is 12.0 Å². The first-order valence-corrected chi connectivity index (χ1v) is 6.45. The van der Waals surface area contributed by atoms with Gasteiger partial charge in [-0.1, -0.05) is 0 Å². The molecule has 1 atom stereocenters. The molecular formula is C14H17F2NO3. The zero-order chi connectivity index (χ0) is 14.7. The molecule has 2 rings (SSSR count). The van der Waals surface area contributed by atoms with E-state index in [0.717, 1.165) is 6.07 Å². The summed E-state index contributed by atoms with van der Waals surface area (Å²) in [5.41, 5.74) is 0.493. The smallest absolute Gasteiger partial charge is 0.223 e. The van der Waals surface area contributed by atoms with Crippen molar-refractivity contribution < 1.29 is 23.4 Å². The molecule has 1 heterocycles. The van der Waals surface area contributed by atoms with Gasteiger partial charge in [0, 0.05) is 26.6 Å². The van der Waals surface area contributed by atoms with Crippen LogP contribution in [0.25, 0.3) is 0 Å². The average molecular weight is 285 g/mol. The van der Waals surface area contributed by atoms with Gasteiger partial charge in [-0.25, -0.2) is 4.39 Å². The van der Waals surface area contributed by atoms with Gasteiger partial charge in [0.25, 0.3) is 0 Å². The highest BCUT2D eigenvalue weighted by Gasteiger charge is 2.29. The number of halogens is 2. The average Bonchev–Trinajstić information content (AvgIpc) is 2.73. The van der Waals surface area contributed by atoms with Crippen molar-refractivity contribution >= 4 is 5.91 Å². The van der Waals surface area contributed by atoms with Crippen LogP contribution in [0.15, 0.2) is 12.1 Å². The maximum atomic E-state index is 13.2. The minimum absolute atomic E-state index is 0.0406. The molecule has 110 valence electrons. The number of ether oxygens (including phenoxy) is 1. The summed E-state index contributed by atoms with van der Waals surface area (Å²) in [5.74, 6) is -2.92. The van der Waals surface area contributed by atoms with Crippen molar-refractivity contribution in [2.75, 3.05) is 26.8 Å². The van der Waals surface area contributed by atoms with Crippen LogP contribution in [-0.4, -0.2) is 42.7 Å². The highest BCUT2D eigenvalue weighted by atomic mass is 19.2. The van der Waals surface area contributed by atoms with E-state index in [9.17, 15) is 18.7 Å². The quantitative estimate of drug-likeness (QED) is 0.896. The first-order valence-electron chi connectivity index (χ1n) is 6.45. The number of methoxy groups -OCH3 is 1. The van der Waals surface area contributed by atoms with Crippen LogP contribution in [0.2, 0.25) is 0 Å². The van der Waals surface area contributed by atoms with Crippen LogP contribution in [0.5, 0.6) is 5.75 Å². The van der Waals surface area contributed by atoms with Gasteiger partial charge in [0.05, 0.1) is 6.61 Å². The van der Waals surface area contributed by atoms with Crippen LogP contribution in [0, 0.1) is 17.6 Å². The summed E-state index contributed by atoms with van der Waals surface area (Å²) >= 11 is 0. The number of carbonyl (C=O) groups is 1. The number of hydrogen-bond donors (Lipinski definition) is 1. The number of nitrogens with zero attached hydrogens (tertiary/aromatic N) is 1. The van der Waals surface area contributed by atoms with Gasteiger partial charge in [-0.15, -0.1) is 0 Å². The number of phenolic OH excluding ortho intramolecular Hbond substituents is 1. The molecule has 4 nitrogen and oxygen atoms in total. The Hall–Kier alpha value is -1.69. The topological polar surface area (TPSA) is 49.8 Å². The summed E-state index contributed by atoms with van der Waals surface area (Å²) in [6.45, 7) is 1.58. The molecule has 1 aliphatic rings. The van der Waals surface area contributed by atoms with Crippen molar-refractivity contribution in [3.63, 3.8) is 0 Å². The van der Waals surface area contributed by atoms with E-state index in [0.29, 0.717) is 38.1 Å². The second-order valence-electron chi connectivity index (χ2n) is 5.02. The minimum Gasteiger partial charge on any atom is -0.505 e. The monoisotopic (exact) mass is 285 g/mol. The molecule has 0 saturated carbocycles. The summed E-state index contributed by atoms with van der Waals surface area (Å²) in [7, 11) is 1.57. The molecule has 1 amide bonds. The summed E-state index contributed by atoms with van der Waals surface area (Å²) in [5, 5.41) is 9.27. The third-order valence-electron chi connectivity index (χ3n) is 3.45. The van der Waals surface area contributed by atoms with E-state index in [2.05, 4.69) is 0 Å². The Morgan fingerprint density at radius 3 is 2.85 bits per heavy atom. The molecule has 1 N–H and O–H groups in total. The third kappa shape index (κ3) is 3.25. The normalized spacial score (nSPS) is 18.9. The number of carbonyl (C=O) groups excluding carboxylic acids is 1. The number of aromatic hydroxyl groups is 1. The maximum Gasteiger partial charge on any atom is 0.223 e. The molecular weight excluding hydrogens is 268 g/mol. The van der Waals surface area contributed by atoms with Crippen molar-refractivity contribution in [2.45, 2.75) is 12.8 Å². The van der Waals surface area contributed by atoms with E-state index in [-0.39, 0.29) is 11.8 Å². The van der Waals surface area contributed by atoms with Crippen molar-refractivity contribution in [3.8, 4) is 5.75 Å². The van der Waals surface area contributed by atoms with Gasteiger partial charge in [-0.2, -0.15) is 4.39 Å². The van der Waals surface area contributed by atoms with Gasteiger partial charge in [-0.3, -0.25) is 4.79 Å². The zero-order valence-electron chi connectivity index (χ0n) is 11.2. The predicted octanol–water partition coefficient (Wildman–Crippen LogP) is 1.71. The predicted molar refractivity (Wildman–Crippen MR) is 68.3 cm³/mol. The number of likely N-dealkylation sites (tertiary alicyclic amines) is 1. The Labute approximate surface area is 116 Å². The van der Waals surface area contributed by atoms with E-state index >= 15 is 0 Å². The minimum atomic E-state index is -1.24. The molecule has 0 unspecified atom stereocenters. The molecule has 0 spiro atoms. The molecule has 6 heteroatoms. The Kier molecular flexibility index (Phi) is 4.54. The second-order valence-corrected chi connectivity index (χ2v) is 5.02. The van der Waals surface area contributed by atoms with Crippen LogP contribution < -0.4 is 0 Å². The van der Waals surface area contributed by atoms with Crippen LogP contribution in [0.3, 0.4) is 0 Å². The van der Waals surface area contributed by atoms with Gasteiger partial charge < -0.3 is 14.7 Å². The molecule has 20 heavy (non-hydrogen) atoms. The van der Waals surface area contributed by atoms with Gasteiger partial charge in [-0.05, 0) is 30.0 Å². The van der Waals surface area contributed by atoms with Crippen molar-refractivity contribution in [3.05, 3.63) is 29.3 Å². The van der Waals surface area contributed by atoms with Crippen LogP contribution in [-0.2, 0) is 16.0 Å². The number of benzene rings is 1. The highest BCUT2D eigenvalue weighted by molar-refractivity contribution is 5.78. The van der Waals surface area contributed by atoms with E-state index in [4.69, 9.17) is 4.74 Å². The lowest BCUT2D eigenvalue weighted by atomic mass is 9.98. The van der Waals surface area contributed by atoms with Gasteiger partial charge in [0.2, 0.25) is 5.91 Å². The molecule has 1 fully saturated rings. The summed E-state index contributed by atoms with van der Waals surface area (Å²) in [4.78, 5) is 13.5. The lowest BCUT2D eigenvalue weighted by Crippen LogP contribution is -2.28. The fourth-order valence-electron chi connectivity index (χ4n) is 2.49. The Morgan fingerprint density at radius 1 is 1.45 bits per heavy atom. The Morgan fingerprint density at radius 2 is 2.20 bits per heavy atom. The molecule has 0 bridgehead atoms. The first-order chi connectivity index (χ1) is 9.51. The zero-order valence-corrected chi connectivity index (χ0v) is 11.2. The molecule has 1 aromatic carbocycles. The number of rotatable bonds is 5. The maximum absolute atomic E-state index is 13.2. The summed E-state index contributed by atoms with van der Waals surface area (Å²) < 4.78 is 31.1. The Bertz CT molecular complexity index is 484. The lowest BCUT2D eigenvalue weighted by Gasteiger charge is -2.16. The number of phenols is 1.